The molecule has 2 aromatic rings. The van der Waals surface area contributed by atoms with E-state index in [9.17, 15) is 4.79 Å². The Morgan fingerprint density at radius 2 is 2.06 bits per heavy atom. The number of ether oxygens (including phenoxy) is 1. The lowest BCUT2D eigenvalue weighted by molar-refractivity contribution is 0.0529. The number of esters is 1. The van der Waals surface area contributed by atoms with E-state index in [-0.39, 0.29) is 5.97 Å². The molecule has 94 valence electrons. The standard InChI is InChI=1S/C13H12ClNO2S/c1-2-17-13(16)11-10(7-18-12(11)15)8-3-5-9(14)6-4-8/h3-7H,2,15H2,1H3. The quantitative estimate of drug-likeness (QED) is 0.870. The van der Waals surface area contributed by atoms with Crippen LogP contribution in [0.3, 0.4) is 0 Å². The van der Waals surface area contributed by atoms with Gasteiger partial charge < -0.3 is 10.5 Å². The van der Waals surface area contributed by atoms with Crippen LogP contribution in [-0.4, -0.2) is 12.6 Å². The Balaban J connectivity index is 2.45. The van der Waals surface area contributed by atoms with Gasteiger partial charge in [-0.25, -0.2) is 4.79 Å². The van der Waals surface area contributed by atoms with Gasteiger partial charge in [0.25, 0.3) is 0 Å². The molecule has 0 saturated carbocycles. The molecule has 5 heteroatoms. The number of carbonyl (C=O) groups excluding carboxylic acids is 1. The summed E-state index contributed by atoms with van der Waals surface area (Å²) in [7, 11) is 0. The summed E-state index contributed by atoms with van der Waals surface area (Å²) in [6, 6.07) is 7.26. The van der Waals surface area contributed by atoms with Gasteiger partial charge in [0.05, 0.1) is 6.61 Å². The van der Waals surface area contributed by atoms with Gasteiger partial charge in [-0.15, -0.1) is 11.3 Å². The van der Waals surface area contributed by atoms with Gasteiger partial charge in [0.2, 0.25) is 0 Å². The van der Waals surface area contributed by atoms with Gasteiger partial charge in [0.15, 0.2) is 0 Å². The third-order valence-corrected chi connectivity index (χ3v) is 3.52. The lowest BCUT2D eigenvalue weighted by Gasteiger charge is -2.05. The number of hydrogen-bond acceptors (Lipinski definition) is 4. The van der Waals surface area contributed by atoms with Crippen LogP contribution in [-0.2, 0) is 4.74 Å². The van der Waals surface area contributed by atoms with Crippen molar-refractivity contribution in [3.63, 3.8) is 0 Å². The molecular formula is C13H12ClNO2S. The van der Waals surface area contributed by atoms with Crippen molar-refractivity contribution < 1.29 is 9.53 Å². The molecular weight excluding hydrogens is 270 g/mol. The number of hydrogen-bond donors (Lipinski definition) is 1. The van der Waals surface area contributed by atoms with E-state index in [1.54, 1.807) is 19.1 Å². The van der Waals surface area contributed by atoms with Crippen LogP contribution in [0.4, 0.5) is 5.00 Å². The topological polar surface area (TPSA) is 52.3 Å². The molecule has 0 saturated heterocycles. The molecule has 0 atom stereocenters. The molecule has 1 heterocycles. The molecule has 2 rings (SSSR count). The molecule has 0 fully saturated rings. The first kappa shape index (κ1) is 12.9. The first-order valence-corrected chi connectivity index (χ1v) is 6.69. The molecule has 0 radical (unpaired) electrons. The van der Waals surface area contributed by atoms with Gasteiger partial charge in [0.1, 0.15) is 10.6 Å². The Hall–Kier alpha value is -1.52. The van der Waals surface area contributed by atoms with Crippen molar-refractivity contribution in [2.24, 2.45) is 0 Å². The Bertz CT molecular complexity index is 563. The van der Waals surface area contributed by atoms with Crippen LogP contribution < -0.4 is 5.73 Å². The second-order valence-corrected chi connectivity index (χ2v) is 4.96. The lowest BCUT2D eigenvalue weighted by atomic mass is 10.0. The third kappa shape index (κ3) is 2.49. The average Bonchev–Trinajstić information content (AvgIpc) is 2.72. The highest BCUT2D eigenvalue weighted by Gasteiger charge is 2.19. The fraction of sp³-hybridized carbons (Fsp3) is 0.154. The molecule has 0 unspecified atom stereocenters. The molecule has 2 N–H and O–H groups in total. The molecule has 0 amide bonds. The van der Waals surface area contributed by atoms with E-state index < -0.39 is 0 Å². The average molecular weight is 282 g/mol. The number of thiophene rings is 1. The largest absolute Gasteiger partial charge is 0.462 e. The van der Waals surface area contributed by atoms with Crippen molar-refractivity contribution in [2.75, 3.05) is 12.3 Å². The van der Waals surface area contributed by atoms with E-state index in [1.807, 2.05) is 17.5 Å². The van der Waals surface area contributed by atoms with E-state index in [4.69, 9.17) is 22.1 Å². The summed E-state index contributed by atoms with van der Waals surface area (Å²) < 4.78 is 5.01. The van der Waals surface area contributed by atoms with Crippen LogP contribution in [0.2, 0.25) is 5.02 Å². The fourth-order valence-electron chi connectivity index (χ4n) is 1.63. The van der Waals surface area contributed by atoms with Gasteiger partial charge in [-0.3, -0.25) is 0 Å². The number of halogens is 1. The summed E-state index contributed by atoms with van der Waals surface area (Å²) in [6.07, 6.45) is 0. The summed E-state index contributed by atoms with van der Waals surface area (Å²) in [4.78, 5) is 11.9. The molecule has 0 aliphatic heterocycles. The van der Waals surface area contributed by atoms with Crippen LogP contribution in [0.15, 0.2) is 29.6 Å². The molecule has 1 aromatic heterocycles. The van der Waals surface area contributed by atoms with Crippen LogP contribution in [0.25, 0.3) is 11.1 Å². The minimum atomic E-state index is -0.388. The summed E-state index contributed by atoms with van der Waals surface area (Å²) >= 11 is 7.17. The van der Waals surface area contributed by atoms with Gasteiger partial charge in [0, 0.05) is 16.0 Å². The zero-order valence-electron chi connectivity index (χ0n) is 9.77. The van der Waals surface area contributed by atoms with Gasteiger partial charge in [-0.1, -0.05) is 23.7 Å². The summed E-state index contributed by atoms with van der Waals surface area (Å²) in [5.41, 5.74) is 7.95. The number of carbonyl (C=O) groups is 1. The molecule has 0 spiro atoms. The number of rotatable bonds is 3. The Morgan fingerprint density at radius 1 is 1.39 bits per heavy atom. The maximum atomic E-state index is 11.9. The second kappa shape index (κ2) is 5.42. The Labute approximate surface area is 114 Å². The van der Waals surface area contributed by atoms with E-state index in [0.717, 1.165) is 11.1 Å². The summed E-state index contributed by atoms with van der Waals surface area (Å²) in [6.45, 7) is 2.09. The molecule has 0 aliphatic carbocycles. The van der Waals surface area contributed by atoms with Crippen LogP contribution >= 0.6 is 22.9 Å². The van der Waals surface area contributed by atoms with Crippen molar-refractivity contribution in [3.8, 4) is 11.1 Å². The maximum Gasteiger partial charge on any atom is 0.341 e. The molecule has 0 bridgehead atoms. The number of nitrogens with two attached hydrogens (primary N) is 1. The van der Waals surface area contributed by atoms with Crippen LogP contribution in [0.5, 0.6) is 0 Å². The zero-order valence-corrected chi connectivity index (χ0v) is 11.3. The Morgan fingerprint density at radius 3 is 2.67 bits per heavy atom. The maximum absolute atomic E-state index is 11.9. The summed E-state index contributed by atoms with van der Waals surface area (Å²) in [5.74, 6) is -0.388. The number of benzene rings is 1. The summed E-state index contributed by atoms with van der Waals surface area (Å²) in [5, 5.41) is 2.98. The second-order valence-electron chi connectivity index (χ2n) is 3.62. The van der Waals surface area contributed by atoms with E-state index in [1.165, 1.54) is 11.3 Å². The highest BCUT2D eigenvalue weighted by molar-refractivity contribution is 7.14. The first-order chi connectivity index (χ1) is 8.63. The van der Waals surface area contributed by atoms with Crippen molar-refractivity contribution in [2.45, 2.75) is 6.92 Å². The minimum Gasteiger partial charge on any atom is -0.462 e. The Kier molecular flexibility index (Phi) is 3.89. The molecule has 0 aliphatic rings. The fourth-order valence-corrected chi connectivity index (χ4v) is 2.56. The van der Waals surface area contributed by atoms with Gasteiger partial charge in [-0.05, 0) is 24.6 Å². The van der Waals surface area contributed by atoms with E-state index >= 15 is 0 Å². The van der Waals surface area contributed by atoms with Gasteiger partial charge in [-0.2, -0.15) is 0 Å². The van der Waals surface area contributed by atoms with Crippen molar-refractivity contribution in [1.29, 1.82) is 0 Å². The monoisotopic (exact) mass is 281 g/mol. The SMILES string of the molecule is CCOC(=O)c1c(-c2ccc(Cl)cc2)csc1N. The minimum absolute atomic E-state index is 0.328. The van der Waals surface area contributed by atoms with Crippen molar-refractivity contribution in [1.82, 2.24) is 0 Å². The first-order valence-electron chi connectivity index (χ1n) is 5.43. The molecule has 18 heavy (non-hydrogen) atoms. The number of anilines is 1. The van der Waals surface area contributed by atoms with Gasteiger partial charge >= 0.3 is 5.97 Å². The predicted molar refractivity (Wildman–Crippen MR) is 75.1 cm³/mol. The van der Waals surface area contributed by atoms with Crippen LogP contribution in [0, 0.1) is 0 Å². The molecule has 1 aromatic carbocycles. The highest BCUT2D eigenvalue weighted by atomic mass is 35.5. The van der Waals surface area contributed by atoms with E-state index in [0.29, 0.717) is 22.2 Å². The third-order valence-electron chi connectivity index (χ3n) is 2.45. The smallest absolute Gasteiger partial charge is 0.341 e. The van der Waals surface area contributed by atoms with Crippen molar-refractivity contribution in [3.05, 3.63) is 40.2 Å². The number of nitrogen functional groups attached to an aromatic ring is 1. The van der Waals surface area contributed by atoms with E-state index in [2.05, 4.69) is 0 Å². The highest BCUT2D eigenvalue weighted by Crippen LogP contribution is 2.34. The van der Waals surface area contributed by atoms with Crippen LogP contribution in [0.1, 0.15) is 17.3 Å². The lowest BCUT2D eigenvalue weighted by Crippen LogP contribution is -2.07. The zero-order chi connectivity index (χ0) is 13.1. The van der Waals surface area contributed by atoms with Crippen molar-refractivity contribution >= 4 is 33.9 Å². The molecule has 3 nitrogen and oxygen atoms in total. The normalized spacial score (nSPS) is 10.3. The predicted octanol–water partition coefficient (Wildman–Crippen LogP) is 3.83.